The third-order valence-corrected chi connectivity index (χ3v) is 13.9. The Bertz CT molecular complexity index is 2640. The fraction of sp³-hybridized carbons (Fsp3) is 0.400. The van der Waals surface area contributed by atoms with Crippen LogP contribution in [0.2, 0.25) is 0 Å². The van der Waals surface area contributed by atoms with Crippen molar-refractivity contribution in [2.75, 3.05) is 6.54 Å². The number of benzene rings is 4. The zero-order valence-electron chi connectivity index (χ0n) is 34.6. The number of ether oxygens (including phenoxy) is 2. The Hall–Kier alpha value is -5.90. The molecule has 5 aliphatic rings. The number of amides is 2. The summed E-state index contributed by atoms with van der Waals surface area (Å²) in [5.74, 6) is 1.93. The Morgan fingerprint density at radius 1 is 0.867 bits per heavy atom. The van der Waals surface area contributed by atoms with Crippen LogP contribution in [0.1, 0.15) is 119 Å². The fourth-order valence-corrected chi connectivity index (χ4v) is 10.5. The lowest BCUT2D eigenvalue weighted by molar-refractivity contribution is 0.0482. The quantitative estimate of drug-likeness (QED) is 0.141. The third-order valence-electron chi connectivity index (χ3n) is 13.9. The van der Waals surface area contributed by atoms with Gasteiger partial charge in [-0.25, -0.2) is 19.6 Å². The van der Waals surface area contributed by atoms with E-state index in [0.717, 1.165) is 103 Å². The van der Waals surface area contributed by atoms with E-state index in [1.807, 2.05) is 62.2 Å². The molecule has 2 atom stereocenters. The van der Waals surface area contributed by atoms with E-state index in [2.05, 4.69) is 69.9 Å². The first-order chi connectivity index (χ1) is 29.0. The van der Waals surface area contributed by atoms with Crippen molar-refractivity contribution in [1.82, 2.24) is 30.2 Å². The van der Waals surface area contributed by atoms with Crippen molar-refractivity contribution >= 4 is 23.2 Å². The molecule has 3 N–H and O–H groups in total. The first-order valence-corrected chi connectivity index (χ1v) is 21.8. The van der Waals surface area contributed by atoms with Gasteiger partial charge in [-0.3, -0.25) is 4.90 Å². The number of aromatic nitrogens is 4. The number of imidazole rings is 2. The summed E-state index contributed by atoms with van der Waals surface area (Å²) in [4.78, 5) is 45.4. The van der Waals surface area contributed by atoms with Crippen LogP contribution in [0.25, 0.3) is 44.5 Å². The van der Waals surface area contributed by atoms with E-state index in [9.17, 15) is 9.59 Å². The molecule has 306 valence electrons. The molecule has 0 unspecified atom stereocenters. The van der Waals surface area contributed by atoms with E-state index in [0.29, 0.717) is 12.5 Å². The summed E-state index contributed by atoms with van der Waals surface area (Å²) in [6, 6.07) is 29.7. The number of likely N-dealkylation sites (tertiary alicyclic amines) is 1. The van der Waals surface area contributed by atoms with Crippen molar-refractivity contribution in [3.05, 3.63) is 119 Å². The molecule has 0 bridgehead atoms. The lowest BCUT2D eigenvalue weighted by atomic mass is 9.90. The Labute approximate surface area is 350 Å². The minimum atomic E-state index is -0.574. The van der Waals surface area contributed by atoms with Crippen LogP contribution in [0.3, 0.4) is 0 Å². The Kier molecular flexibility index (Phi) is 8.56. The number of alkyl carbamates (subject to hydrolysis) is 1. The van der Waals surface area contributed by atoms with Gasteiger partial charge in [0.25, 0.3) is 0 Å². The van der Waals surface area contributed by atoms with Gasteiger partial charge in [0.2, 0.25) is 0 Å². The van der Waals surface area contributed by atoms with Gasteiger partial charge in [-0.2, -0.15) is 0 Å². The highest BCUT2D eigenvalue weighted by Gasteiger charge is 2.55. The topological polar surface area (TPSA) is 125 Å². The molecule has 3 heterocycles. The van der Waals surface area contributed by atoms with Gasteiger partial charge in [-0.15, -0.1) is 0 Å². The number of nitrogens with one attached hydrogen (secondary N) is 3. The average Bonchev–Trinajstić information content (AvgIpc) is 3.75. The summed E-state index contributed by atoms with van der Waals surface area (Å²) in [6.07, 6.45) is 11.1. The monoisotopic (exact) mass is 800 g/mol. The summed E-state index contributed by atoms with van der Waals surface area (Å²) in [7, 11) is 0. The van der Waals surface area contributed by atoms with Gasteiger partial charge >= 0.3 is 12.2 Å². The van der Waals surface area contributed by atoms with Crippen molar-refractivity contribution in [2.45, 2.75) is 108 Å². The number of aromatic amines is 2. The molecule has 0 radical (unpaired) electrons. The van der Waals surface area contributed by atoms with E-state index in [-0.39, 0.29) is 35.6 Å². The molecule has 1 saturated heterocycles. The molecule has 2 amide bonds. The van der Waals surface area contributed by atoms with Crippen LogP contribution in [0.15, 0.2) is 91.1 Å². The molecule has 2 spiro atoms. The van der Waals surface area contributed by atoms with Gasteiger partial charge in [0, 0.05) is 12.0 Å². The van der Waals surface area contributed by atoms with E-state index in [1.54, 1.807) is 0 Å². The Morgan fingerprint density at radius 3 is 2.28 bits per heavy atom. The van der Waals surface area contributed by atoms with Crippen molar-refractivity contribution < 1.29 is 19.1 Å². The summed E-state index contributed by atoms with van der Waals surface area (Å²) in [6.45, 7) is 6.64. The summed E-state index contributed by atoms with van der Waals surface area (Å²) < 4.78 is 11.5. The Morgan fingerprint density at radius 2 is 1.57 bits per heavy atom. The van der Waals surface area contributed by atoms with E-state index >= 15 is 0 Å². The number of fused-ring (bicyclic) bond motifs is 6. The average molecular weight is 801 g/mol. The number of hydrogen-bond acceptors (Lipinski definition) is 6. The van der Waals surface area contributed by atoms with Crippen LogP contribution in [-0.2, 0) is 21.5 Å². The second kappa shape index (κ2) is 13.8. The zero-order chi connectivity index (χ0) is 40.8. The lowest BCUT2D eigenvalue weighted by Crippen LogP contribution is -2.37. The van der Waals surface area contributed by atoms with E-state index in [4.69, 9.17) is 19.4 Å². The molecule has 2 aromatic heterocycles. The molecular formula is C50H52N6O4. The van der Waals surface area contributed by atoms with Gasteiger partial charge in [0.1, 0.15) is 23.9 Å². The molecular weight excluding hydrogens is 749 g/mol. The highest BCUT2D eigenvalue weighted by atomic mass is 16.6. The summed E-state index contributed by atoms with van der Waals surface area (Å²) in [5, 5.41) is 3.16. The first kappa shape index (κ1) is 37.1. The van der Waals surface area contributed by atoms with Crippen LogP contribution >= 0.6 is 0 Å². The summed E-state index contributed by atoms with van der Waals surface area (Å²) >= 11 is 0. The van der Waals surface area contributed by atoms with Gasteiger partial charge in [-0.1, -0.05) is 73.5 Å². The van der Waals surface area contributed by atoms with Gasteiger partial charge < -0.3 is 24.8 Å². The predicted molar refractivity (Wildman–Crippen MR) is 231 cm³/mol. The van der Waals surface area contributed by atoms with Crippen molar-refractivity contribution in [2.24, 2.45) is 11.3 Å². The number of carbonyl (C=O) groups is 2. The van der Waals surface area contributed by atoms with Crippen LogP contribution < -0.4 is 5.32 Å². The molecule has 60 heavy (non-hydrogen) atoms. The van der Waals surface area contributed by atoms with Crippen LogP contribution in [-0.4, -0.2) is 49.2 Å². The fourth-order valence-electron chi connectivity index (χ4n) is 10.5. The lowest BCUT2D eigenvalue weighted by Gasteiger charge is -2.26. The highest BCUT2D eigenvalue weighted by molar-refractivity contribution is 5.89. The Balaban J connectivity index is 0.836. The molecule has 3 saturated carbocycles. The minimum absolute atomic E-state index is 0.00967. The number of rotatable bonds is 8. The van der Waals surface area contributed by atoms with Crippen molar-refractivity contribution in [3.8, 4) is 33.5 Å². The van der Waals surface area contributed by atoms with Gasteiger partial charge in [-0.05, 0) is 146 Å². The van der Waals surface area contributed by atoms with Gasteiger partial charge in [0.15, 0.2) is 0 Å². The summed E-state index contributed by atoms with van der Waals surface area (Å²) in [5.41, 5.74) is 12.3. The zero-order valence-corrected chi connectivity index (χ0v) is 34.6. The minimum Gasteiger partial charge on any atom is -0.445 e. The maximum absolute atomic E-state index is 13.5. The van der Waals surface area contributed by atoms with Gasteiger partial charge in [0.05, 0.1) is 35.0 Å². The molecule has 10 nitrogen and oxygen atoms in total. The second-order valence-electron chi connectivity index (χ2n) is 19.2. The first-order valence-electron chi connectivity index (χ1n) is 21.8. The highest BCUT2D eigenvalue weighted by Crippen LogP contribution is 2.63. The molecule has 4 aliphatic carbocycles. The molecule has 6 aromatic rings. The van der Waals surface area contributed by atoms with Crippen LogP contribution in [0.5, 0.6) is 0 Å². The van der Waals surface area contributed by atoms with Crippen LogP contribution in [0.4, 0.5) is 9.59 Å². The van der Waals surface area contributed by atoms with E-state index < -0.39 is 11.7 Å². The third kappa shape index (κ3) is 6.64. The normalized spacial score (nSPS) is 20.1. The largest absolute Gasteiger partial charge is 0.445 e. The number of H-pyrrole nitrogens is 2. The maximum atomic E-state index is 13.5. The van der Waals surface area contributed by atoms with Crippen LogP contribution in [0, 0.1) is 11.3 Å². The molecule has 1 aliphatic heterocycles. The standard InChI is InChI=1S/C50H52N6O4/c1-48(2,3)60-46(57)55-43(31-11-7-8-12-31)45-52-39-18-15-33(25-40(39)53-45)32-13-16-35-36-17-14-34(24-38(36)50(21-22-50)37(35)23-32)41-27-51-44(54-41)42-26-49(19-20-49)29-56(42)47(58)59-28-30-9-5-4-6-10-30/h4-6,9-10,13-18,23-25,27,31,42-43H,7-8,11-12,19-22,26,28-29H2,1-3H3,(H,51,54)(H,52,53)(H,55,57)/t42-,43-/m0/s1. The SMILES string of the molecule is CC(C)(C)OC(=O)N[C@H](c1nc2ccc(-c3ccc4c(c3)C3(CC3)c3cc(-c5cnc([C@@H]6CC7(CC7)CN6C(=O)OCc6ccccc6)[nH]5)ccc3-4)cc2[nH]1)C1CCCC1. The number of nitrogens with zero attached hydrogens (tertiary/aromatic N) is 3. The smallest absolute Gasteiger partial charge is 0.410 e. The second-order valence-corrected chi connectivity index (χ2v) is 19.2. The van der Waals surface area contributed by atoms with Crippen molar-refractivity contribution in [3.63, 3.8) is 0 Å². The maximum Gasteiger partial charge on any atom is 0.410 e. The predicted octanol–water partition coefficient (Wildman–Crippen LogP) is 11.3. The molecule has 11 rings (SSSR count). The molecule has 4 aromatic carbocycles. The molecule has 10 heteroatoms. The number of carbonyl (C=O) groups excluding carboxylic acids is 2. The molecule has 4 fully saturated rings. The number of hydrogen-bond donors (Lipinski definition) is 3. The van der Waals surface area contributed by atoms with Crippen molar-refractivity contribution in [1.29, 1.82) is 0 Å². The van der Waals surface area contributed by atoms with E-state index in [1.165, 1.54) is 27.8 Å².